The van der Waals surface area contributed by atoms with Crippen molar-refractivity contribution in [2.24, 2.45) is 0 Å². The highest BCUT2D eigenvalue weighted by Gasteiger charge is 2.06. The van der Waals surface area contributed by atoms with Crippen molar-refractivity contribution in [1.82, 2.24) is 0 Å². The Morgan fingerprint density at radius 1 is 1.07 bits per heavy atom. The van der Waals surface area contributed by atoms with E-state index in [0.29, 0.717) is 0 Å². The lowest BCUT2D eigenvalue weighted by Gasteiger charge is -2.05. The van der Waals surface area contributed by atoms with Crippen molar-refractivity contribution < 1.29 is 4.74 Å². The molecular formula is C13H10OS. The monoisotopic (exact) mass is 214 g/mol. The first kappa shape index (κ1) is 8.74. The van der Waals surface area contributed by atoms with Crippen molar-refractivity contribution >= 4 is 32.2 Å². The van der Waals surface area contributed by atoms with Crippen LogP contribution in [0.15, 0.2) is 41.8 Å². The van der Waals surface area contributed by atoms with Crippen LogP contribution in [0.2, 0.25) is 0 Å². The molecule has 74 valence electrons. The Bertz CT molecular complexity index is 625. The minimum atomic E-state index is 0.963. The van der Waals surface area contributed by atoms with Crippen molar-refractivity contribution in [3.05, 3.63) is 41.8 Å². The first-order valence-electron chi connectivity index (χ1n) is 4.83. The van der Waals surface area contributed by atoms with Crippen LogP contribution in [0.3, 0.4) is 0 Å². The van der Waals surface area contributed by atoms with Crippen molar-refractivity contribution in [2.45, 2.75) is 0 Å². The molecule has 0 saturated carbocycles. The zero-order chi connectivity index (χ0) is 10.3. The van der Waals surface area contributed by atoms with Crippen LogP contribution >= 0.6 is 11.3 Å². The molecule has 0 amide bonds. The number of fused-ring (bicyclic) bond motifs is 3. The lowest BCUT2D eigenvalue weighted by molar-refractivity contribution is 0.420. The van der Waals surface area contributed by atoms with Gasteiger partial charge >= 0.3 is 0 Å². The molecule has 0 aliphatic rings. The maximum atomic E-state index is 5.40. The molecule has 0 aliphatic carbocycles. The van der Waals surface area contributed by atoms with Gasteiger partial charge in [0.25, 0.3) is 0 Å². The van der Waals surface area contributed by atoms with Crippen LogP contribution in [0.4, 0.5) is 0 Å². The Labute approximate surface area is 91.9 Å². The fraction of sp³-hybridized carbons (Fsp3) is 0.0769. The number of hydrogen-bond acceptors (Lipinski definition) is 2. The van der Waals surface area contributed by atoms with E-state index in [-0.39, 0.29) is 0 Å². The maximum Gasteiger partial charge on any atom is 0.128 e. The van der Waals surface area contributed by atoms with Gasteiger partial charge in [0.2, 0.25) is 0 Å². The number of ether oxygens (including phenoxy) is 1. The fourth-order valence-corrected chi connectivity index (χ4v) is 2.88. The Morgan fingerprint density at radius 2 is 1.93 bits per heavy atom. The van der Waals surface area contributed by atoms with E-state index in [1.807, 2.05) is 0 Å². The van der Waals surface area contributed by atoms with Gasteiger partial charge in [0.1, 0.15) is 5.75 Å². The van der Waals surface area contributed by atoms with Crippen LogP contribution in [-0.4, -0.2) is 7.11 Å². The van der Waals surface area contributed by atoms with Crippen LogP contribution in [0.25, 0.3) is 20.9 Å². The average Bonchev–Trinajstić information content (AvgIpc) is 2.77. The minimum Gasteiger partial charge on any atom is -0.496 e. The van der Waals surface area contributed by atoms with Crippen LogP contribution in [-0.2, 0) is 0 Å². The first-order valence-corrected chi connectivity index (χ1v) is 5.71. The normalized spacial score (nSPS) is 11.0. The van der Waals surface area contributed by atoms with E-state index in [2.05, 4.69) is 41.8 Å². The van der Waals surface area contributed by atoms with Crippen LogP contribution < -0.4 is 4.74 Å². The molecule has 2 aromatic carbocycles. The highest BCUT2D eigenvalue weighted by atomic mass is 32.1. The molecule has 0 N–H and O–H groups in total. The van der Waals surface area contributed by atoms with Gasteiger partial charge in [0, 0.05) is 10.1 Å². The minimum absolute atomic E-state index is 0.963. The van der Waals surface area contributed by atoms with Gasteiger partial charge in [-0.25, -0.2) is 0 Å². The van der Waals surface area contributed by atoms with Gasteiger partial charge in [-0.15, -0.1) is 11.3 Å². The van der Waals surface area contributed by atoms with E-state index in [9.17, 15) is 0 Å². The molecule has 1 aromatic heterocycles. The van der Waals surface area contributed by atoms with Gasteiger partial charge in [-0.05, 0) is 28.3 Å². The summed E-state index contributed by atoms with van der Waals surface area (Å²) in [5, 5.41) is 5.87. The van der Waals surface area contributed by atoms with E-state index < -0.39 is 0 Å². The van der Waals surface area contributed by atoms with E-state index in [0.717, 1.165) is 5.75 Å². The van der Waals surface area contributed by atoms with Crippen LogP contribution in [0.5, 0.6) is 5.75 Å². The summed E-state index contributed by atoms with van der Waals surface area (Å²) in [5.41, 5.74) is 0. The lowest BCUT2D eigenvalue weighted by Crippen LogP contribution is -1.83. The van der Waals surface area contributed by atoms with E-state index in [1.54, 1.807) is 18.4 Å². The van der Waals surface area contributed by atoms with E-state index in [4.69, 9.17) is 4.74 Å². The summed E-state index contributed by atoms with van der Waals surface area (Å²) < 4.78 is 6.71. The second-order valence-electron chi connectivity index (χ2n) is 3.46. The van der Waals surface area contributed by atoms with Gasteiger partial charge in [-0.1, -0.05) is 24.3 Å². The molecule has 0 aliphatic heterocycles. The largest absolute Gasteiger partial charge is 0.496 e. The summed E-state index contributed by atoms with van der Waals surface area (Å²) in [5.74, 6) is 0.963. The summed E-state index contributed by atoms with van der Waals surface area (Å²) in [6.07, 6.45) is 0. The summed E-state index contributed by atoms with van der Waals surface area (Å²) in [6.45, 7) is 0. The third-order valence-corrected chi connectivity index (χ3v) is 3.59. The SMILES string of the molecule is COc1cc2ccccc2c2sccc12. The third kappa shape index (κ3) is 1.22. The first-order chi connectivity index (χ1) is 7.40. The number of methoxy groups -OCH3 is 1. The van der Waals surface area contributed by atoms with Crippen molar-refractivity contribution in [1.29, 1.82) is 0 Å². The zero-order valence-electron chi connectivity index (χ0n) is 8.36. The standard InChI is InChI=1S/C13H10OS/c1-14-12-8-9-4-2-3-5-10(9)13-11(12)6-7-15-13/h2-8H,1H3. The second-order valence-corrected chi connectivity index (χ2v) is 4.38. The number of thiophene rings is 1. The van der Waals surface area contributed by atoms with Gasteiger partial charge < -0.3 is 4.74 Å². The molecule has 2 heteroatoms. The summed E-state index contributed by atoms with van der Waals surface area (Å²) >= 11 is 1.77. The predicted molar refractivity (Wildman–Crippen MR) is 65.9 cm³/mol. The number of hydrogen-bond donors (Lipinski definition) is 0. The highest BCUT2D eigenvalue weighted by Crippen LogP contribution is 2.36. The molecule has 0 spiro atoms. The Hall–Kier alpha value is -1.54. The molecule has 0 radical (unpaired) electrons. The Kier molecular flexibility index (Phi) is 1.89. The second kappa shape index (κ2) is 3.24. The van der Waals surface area contributed by atoms with Crippen molar-refractivity contribution in [3.63, 3.8) is 0 Å². The number of benzene rings is 2. The van der Waals surface area contributed by atoms with Crippen molar-refractivity contribution in [2.75, 3.05) is 7.11 Å². The molecule has 15 heavy (non-hydrogen) atoms. The molecule has 0 bridgehead atoms. The van der Waals surface area contributed by atoms with Gasteiger partial charge in [0.05, 0.1) is 7.11 Å². The van der Waals surface area contributed by atoms with Gasteiger partial charge in [0.15, 0.2) is 0 Å². The zero-order valence-corrected chi connectivity index (χ0v) is 9.17. The summed E-state index contributed by atoms with van der Waals surface area (Å²) in [6, 6.07) is 12.6. The predicted octanol–water partition coefficient (Wildman–Crippen LogP) is 4.06. The summed E-state index contributed by atoms with van der Waals surface area (Å²) in [7, 11) is 1.72. The Morgan fingerprint density at radius 3 is 2.80 bits per heavy atom. The van der Waals surface area contributed by atoms with Crippen LogP contribution in [0, 0.1) is 0 Å². The molecule has 1 heterocycles. The molecule has 0 fully saturated rings. The molecule has 0 saturated heterocycles. The molecule has 0 atom stereocenters. The molecule has 3 rings (SSSR count). The maximum absolute atomic E-state index is 5.40. The average molecular weight is 214 g/mol. The van der Waals surface area contributed by atoms with E-state index >= 15 is 0 Å². The quantitative estimate of drug-likeness (QED) is 0.593. The van der Waals surface area contributed by atoms with E-state index in [1.165, 1.54) is 20.9 Å². The number of rotatable bonds is 1. The topological polar surface area (TPSA) is 9.23 Å². The smallest absolute Gasteiger partial charge is 0.128 e. The van der Waals surface area contributed by atoms with Gasteiger partial charge in [-0.3, -0.25) is 0 Å². The molecular weight excluding hydrogens is 204 g/mol. The Balaban J connectivity index is 2.57. The summed E-state index contributed by atoms with van der Waals surface area (Å²) in [4.78, 5) is 0. The van der Waals surface area contributed by atoms with Crippen LogP contribution in [0.1, 0.15) is 0 Å². The molecule has 0 unspecified atom stereocenters. The fourth-order valence-electron chi connectivity index (χ4n) is 1.93. The van der Waals surface area contributed by atoms with Crippen molar-refractivity contribution in [3.8, 4) is 5.75 Å². The third-order valence-electron chi connectivity index (χ3n) is 2.64. The molecule has 1 nitrogen and oxygen atoms in total. The lowest BCUT2D eigenvalue weighted by atomic mass is 10.1. The molecule has 3 aromatic rings. The highest BCUT2D eigenvalue weighted by molar-refractivity contribution is 7.18. The van der Waals surface area contributed by atoms with Gasteiger partial charge in [-0.2, -0.15) is 0 Å².